The summed E-state index contributed by atoms with van der Waals surface area (Å²) in [6, 6.07) is 28.7. The highest BCUT2D eigenvalue weighted by Gasteiger charge is 2.19. The molecule has 0 aliphatic rings. The molecule has 0 aliphatic carbocycles. The molecule has 0 radical (unpaired) electrons. The van der Waals surface area contributed by atoms with Crippen LogP contribution in [0.1, 0.15) is 26.8 Å². The van der Waals surface area contributed by atoms with Gasteiger partial charge in [-0.1, -0.05) is 72.8 Å². The summed E-state index contributed by atoms with van der Waals surface area (Å²) in [6.45, 7) is 1.17. The summed E-state index contributed by atoms with van der Waals surface area (Å²) in [5.74, 6) is 0.540. The maximum atomic E-state index is 12.8. The lowest BCUT2D eigenvalue weighted by atomic mass is 9.99. The first-order chi connectivity index (χ1) is 14.8. The van der Waals surface area contributed by atoms with Gasteiger partial charge in [0.15, 0.2) is 0 Å². The zero-order valence-corrected chi connectivity index (χ0v) is 17.6. The second-order valence-electron chi connectivity index (χ2n) is 6.92. The molecule has 0 saturated heterocycles. The molecule has 30 heavy (non-hydrogen) atoms. The third kappa shape index (κ3) is 4.37. The molecule has 0 spiro atoms. The number of rotatable bonds is 8. The first-order valence-corrected chi connectivity index (χ1v) is 10.8. The van der Waals surface area contributed by atoms with E-state index < -0.39 is 0 Å². The van der Waals surface area contributed by atoms with Crippen molar-refractivity contribution in [2.45, 2.75) is 6.04 Å². The summed E-state index contributed by atoms with van der Waals surface area (Å²) in [5, 5.41) is 7.57. The van der Waals surface area contributed by atoms with Gasteiger partial charge >= 0.3 is 0 Å². The third-order valence-corrected chi connectivity index (χ3v) is 6.14. The Hall–Kier alpha value is -3.15. The first-order valence-electron chi connectivity index (χ1n) is 9.95. The number of carbonyl (C=O) groups excluding carboxylic acids is 1. The largest absolute Gasteiger partial charge is 0.494 e. The molecule has 4 aromatic rings. The van der Waals surface area contributed by atoms with Crippen LogP contribution < -0.4 is 15.4 Å². The van der Waals surface area contributed by atoms with Crippen LogP contribution in [-0.4, -0.2) is 26.1 Å². The molecule has 0 saturated carbocycles. The SMILES string of the molecule is COc1c(C(=O)NCCNC(c2ccccc2)c2ccccc2)sc2ccccc12. The summed E-state index contributed by atoms with van der Waals surface area (Å²) in [4.78, 5) is 13.4. The quantitative estimate of drug-likeness (QED) is 0.397. The Kier molecular flexibility index (Phi) is 6.42. The lowest BCUT2D eigenvalue weighted by Gasteiger charge is -2.20. The Bertz CT molecular complexity index is 1070. The number of nitrogens with one attached hydrogen (secondary N) is 2. The molecule has 5 heteroatoms. The molecular weight excluding hydrogens is 392 g/mol. The number of amides is 1. The molecule has 2 N–H and O–H groups in total. The lowest BCUT2D eigenvalue weighted by molar-refractivity contribution is 0.0955. The van der Waals surface area contributed by atoms with Crippen molar-refractivity contribution in [3.63, 3.8) is 0 Å². The van der Waals surface area contributed by atoms with E-state index in [1.54, 1.807) is 7.11 Å². The molecule has 0 fully saturated rings. The van der Waals surface area contributed by atoms with E-state index >= 15 is 0 Å². The van der Waals surface area contributed by atoms with Crippen LogP contribution in [0.25, 0.3) is 10.1 Å². The molecular formula is C25H24N2O2S. The van der Waals surface area contributed by atoms with Gasteiger partial charge in [0.25, 0.3) is 5.91 Å². The monoisotopic (exact) mass is 416 g/mol. The minimum Gasteiger partial charge on any atom is -0.494 e. The molecule has 0 atom stereocenters. The standard InChI is InChI=1S/C25H24N2O2S/c1-29-23-20-14-8-9-15-21(20)30-24(23)25(28)27-17-16-26-22(18-10-4-2-5-11-18)19-12-6-3-7-13-19/h2-15,22,26H,16-17H2,1H3,(H,27,28). The van der Waals surface area contributed by atoms with Gasteiger partial charge in [-0.15, -0.1) is 11.3 Å². The van der Waals surface area contributed by atoms with E-state index in [2.05, 4.69) is 34.9 Å². The van der Waals surface area contributed by atoms with E-state index in [9.17, 15) is 4.79 Å². The van der Waals surface area contributed by atoms with Crippen LogP contribution >= 0.6 is 11.3 Å². The molecule has 0 aliphatic heterocycles. The molecule has 0 unspecified atom stereocenters. The van der Waals surface area contributed by atoms with Gasteiger partial charge in [-0.2, -0.15) is 0 Å². The summed E-state index contributed by atoms with van der Waals surface area (Å²) in [6.07, 6.45) is 0. The number of hydrogen-bond donors (Lipinski definition) is 2. The second kappa shape index (κ2) is 9.57. The van der Waals surface area contributed by atoms with Crippen LogP contribution in [0.4, 0.5) is 0 Å². The van der Waals surface area contributed by atoms with Crippen LogP contribution in [0.5, 0.6) is 5.75 Å². The minimum absolute atomic E-state index is 0.0724. The highest BCUT2D eigenvalue weighted by Crippen LogP contribution is 2.37. The first kappa shape index (κ1) is 20.1. The number of hydrogen-bond acceptors (Lipinski definition) is 4. The number of ether oxygens (including phenoxy) is 1. The van der Waals surface area contributed by atoms with Crippen LogP contribution in [0, 0.1) is 0 Å². The van der Waals surface area contributed by atoms with Gasteiger partial charge in [0.2, 0.25) is 0 Å². The number of carbonyl (C=O) groups is 1. The van der Waals surface area contributed by atoms with Crippen molar-refractivity contribution >= 4 is 27.3 Å². The maximum Gasteiger partial charge on any atom is 0.265 e. The summed E-state index contributed by atoms with van der Waals surface area (Å²) in [5.41, 5.74) is 2.39. The number of thiophene rings is 1. The molecule has 0 bridgehead atoms. The van der Waals surface area contributed by atoms with Gasteiger partial charge in [-0.3, -0.25) is 4.79 Å². The van der Waals surface area contributed by atoms with Gasteiger partial charge in [0.05, 0.1) is 13.2 Å². The highest BCUT2D eigenvalue weighted by atomic mass is 32.1. The Morgan fingerprint density at radius 1 is 0.867 bits per heavy atom. The Labute approximate surface area is 180 Å². The smallest absolute Gasteiger partial charge is 0.265 e. The fourth-order valence-electron chi connectivity index (χ4n) is 3.57. The normalized spacial score (nSPS) is 11.0. The summed E-state index contributed by atoms with van der Waals surface area (Å²) < 4.78 is 6.56. The van der Waals surface area contributed by atoms with Gasteiger partial charge in [-0.25, -0.2) is 0 Å². The summed E-state index contributed by atoms with van der Waals surface area (Å²) >= 11 is 1.46. The Balaban J connectivity index is 1.42. The van der Waals surface area contributed by atoms with Crippen LogP contribution in [0.3, 0.4) is 0 Å². The number of fused-ring (bicyclic) bond motifs is 1. The van der Waals surface area contributed by atoms with Crippen molar-refractivity contribution in [1.29, 1.82) is 0 Å². The topological polar surface area (TPSA) is 50.4 Å². The average Bonchev–Trinajstić information content (AvgIpc) is 3.19. The van der Waals surface area contributed by atoms with E-state index in [0.717, 1.165) is 10.1 Å². The Morgan fingerprint density at radius 2 is 1.47 bits per heavy atom. The van der Waals surface area contributed by atoms with E-state index in [4.69, 9.17) is 4.74 Å². The van der Waals surface area contributed by atoms with Crippen molar-refractivity contribution in [2.24, 2.45) is 0 Å². The molecule has 3 aromatic carbocycles. The fraction of sp³-hybridized carbons (Fsp3) is 0.160. The van der Waals surface area contributed by atoms with Crippen molar-refractivity contribution in [3.05, 3.63) is 101 Å². The maximum absolute atomic E-state index is 12.8. The van der Waals surface area contributed by atoms with Gasteiger partial charge in [-0.05, 0) is 23.3 Å². The second-order valence-corrected chi connectivity index (χ2v) is 7.98. The zero-order chi connectivity index (χ0) is 20.8. The van der Waals surface area contributed by atoms with Gasteiger partial charge < -0.3 is 15.4 Å². The molecule has 1 heterocycles. The van der Waals surface area contributed by atoms with Crippen LogP contribution in [-0.2, 0) is 0 Å². The van der Waals surface area contributed by atoms with E-state index in [1.807, 2.05) is 60.7 Å². The molecule has 152 valence electrons. The highest BCUT2D eigenvalue weighted by molar-refractivity contribution is 7.21. The lowest BCUT2D eigenvalue weighted by Crippen LogP contribution is -2.33. The van der Waals surface area contributed by atoms with Crippen molar-refractivity contribution < 1.29 is 9.53 Å². The minimum atomic E-state index is -0.106. The van der Waals surface area contributed by atoms with Crippen LogP contribution in [0.2, 0.25) is 0 Å². The zero-order valence-electron chi connectivity index (χ0n) is 16.8. The van der Waals surface area contributed by atoms with Gasteiger partial charge in [0.1, 0.15) is 10.6 Å². The van der Waals surface area contributed by atoms with E-state index in [0.29, 0.717) is 23.7 Å². The molecule has 1 aromatic heterocycles. The van der Waals surface area contributed by atoms with E-state index in [1.165, 1.54) is 22.5 Å². The molecule has 1 amide bonds. The summed E-state index contributed by atoms with van der Waals surface area (Å²) in [7, 11) is 1.61. The van der Waals surface area contributed by atoms with Crippen molar-refractivity contribution in [2.75, 3.05) is 20.2 Å². The number of benzene rings is 3. The third-order valence-electron chi connectivity index (χ3n) is 4.99. The van der Waals surface area contributed by atoms with E-state index in [-0.39, 0.29) is 11.9 Å². The van der Waals surface area contributed by atoms with Crippen molar-refractivity contribution in [3.8, 4) is 5.75 Å². The van der Waals surface area contributed by atoms with Crippen LogP contribution in [0.15, 0.2) is 84.9 Å². The predicted octanol–water partition coefficient (Wildman–Crippen LogP) is 5.02. The Morgan fingerprint density at radius 3 is 2.10 bits per heavy atom. The number of methoxy groups -OCH3 is 1. The van der Waals surface area contributed by atoms with Gasteiger partial charge in [0, 0.05) is 23.2 Å². The molecule has 4 nitrogen and oxygen atoms in total. The predicted molar refractivity (Wildman–Crippen MR) is 123 cm³/mol. The van der Waals surface area contributed by atoms with Crippen molar-refractivity contribution in [1.82, 2.24) is 10.6 Å². The molecule has 4 rings (SSSR count). The average molecular weight is 417 g/mol. The fourth-order valence-corrected chi connectivity index (χ4v) is 4.65.